The highest BCUT2D eigenvalue weighted by Gasteiger charge is 2.30. The summed E-state index contributed by atoms with van der Waals surface area (Å²) < 4.78 is 14.0. The molecule has 0 radical (unpaired) electrons. The summed E-state index contributed by atoms with van der Waals surface area (Å²) in [4.78, 5) is 47.8. The lowest BCUT2D eigenvalue weighted by molar-refractivity contribution is -0.138. The second-order valence-corrected chi connectivity index (χ2v) is 9.68. The number of hydrogen-bond donors (Lipinski definition) is 3. The normalized spacial score (nSPS) is 18.1. The minimum Gasteiger partial charge on any atom is -0.345 e. The Balaban J connectivity index is 1.71. The van der Waals surface area contributed by atoms with Gasteiger partial charge in [-0.3, -0.25) is 14.4 Å². The van der Waals surface area contributed by atoms with Crippen molar-refractivity contribution >= 4 is 28.8 Å². The first-order valence-corrected chi connectivity index (χ1v) is 12.2. The molecule has 2 unspecified atom stereocenters. The number of likely N-dealkylation sites (tertiary alicyclic amines) is 1. The molecule has 0 saturated carbocycles. The molecule has 1 aliphatic heterocycles. The number of H-pyrrole nitrogens is 1. The van der Waals surface area contributed by atoms with Crippen LogP contribution in [0.15, 0.2) is 18.2 Å². The quantitative estimate of drug-likeness (QED) is 0.517. The predicted molar refractivity (Wildman–Crippen MR) is 128 cm³/mol. The van der Waals surface area contributed by atoms with Crippen molar-refractivity contribution in [2.75, 3.05) is 6.54 Å². The maximum Gasteiger partial charge on any atom is 0.243 e. The Labute approximate surface area is 200 Å². The lowest BCUT2D eigenvalue weighted by Gasteiger charge is -2.34. The van der Waals surface area contributed by atoms with Crippen LogP contribution in [0.25, 0.3) is 11.0 Å². The van der Waals surface area contributed by atoms with E-state index in [2.05, 4.69) is 20.6 Å². The van der Waals surface area contributed by atoms with Crippen molar-refractivity contribution in [3.05, 3.63) is 29.8 Å². The second-order valence-electron chi connectivity index (χ2n) is 9.68. The van der Waals surface area contributed by atoms with Crippen molar-refractivity contribution in [2.45, 2.75) is 84.3 Å². The van der Waals surface area contributed by atoms with Gasteiger partial charge in [0.05, 0.1) is 18.0 Å². The number of piperidine rings is 1. The van der Waals surface area contributed by atoms with Crippen LogP contribution < -0.4 is 10.6 Å². The van der Waals surface area contributed by atoms with Gasteiger partial charge in [0.25, 0.3) is 0 Å². The average Bonchev–Trinajstić information content (AvgIpc) is 3.23. The molecule has 186 valence electrons. The van der Waals surface area contributed by atoms with Gasteiger partial charge in [-0.05, 0) is 57.6 Å². The van der Waals surface area contributed by atoms with Crippen LogP contribution in [-0.4, -0.2) is 51.2 Å². The van der Waals surface area contributed by atoms with Gasteiger partial charge in [0.2, 0.25) is 17.7 Å². The standard InChI is InChI=1S/C25H36FN5O3/c1-15(2)11-12-21(32)28-20(14-22(33)31-13-6-5-8-16(31)3)25(34)27-17(4)24-29-19-10-7-9-18(26)23(19)30-24/h7,9-10,15-17,20H,5-6,8,11-14H2,1-4H3,(H,27,34)(H,28,32)(H,29,30)/t16-,17?,20?/m0/s1. The Bertz CT molecular complexity index is 1020. The van der Waals surface area contributed by atoms with Crippen molar-refractivity contribution in [2.24, 2.45) is 5.92 Å². The van der Waals surface area contributed by atoms with Crippen molar-refractivity contribution in [3.8, 4) is 0 Å². The largest absolute Gasteiger partial charge is 0.345 e. The number of hydrogen-bond acceptors (Lipinski definition) is 4. The van der Waals surface area contributed by atoms with Gasteiger partial charge in [-0.15, -0.1) is 0 Å². The highest BCUT2D eigenvalue weighted by molar-refractivity contribution is 5.92. The average molecular weight is 474 g/mol. The summed E-state index contributed by atoms with van der Waals surface area (Å²) in [6.45, 7) is 8.44. The number of aromatic amines is 1. The smallest absolute Gasteiger partial charge is 0.243 e. The molecule has 8 nitrogen and oxygen atoms in total. The molecule has 2 heterocycles. The fraction of sp³-hybridized carbons (Fsp3) is 0.600. The molecular weight excluding hydrogens is 437 g/mol. The van der Waals surface area contributed by atoms with Crippen LogP contribution in [-0.2, 0) is 14.4 Å². The van der Waals surface area contributed by atoms with E-state index in [4.69, 9.17) is 0 Å². The van der Waals surface area contributed by atoms with Crippen molar-refractivity contribution in [3.63, 3.8) is 0 Å². The molecule has 0 spiro atoms. The third kappa shape index (κ3) is 6.55. The van der Waals surface area contributed by atoms with Gasteiger partial charge in [-0.2, -0.15) is 0 Å². The number of nitrogens with zero attached hydrogens (tertiary/aromatic N) is 2. The number of carbonyl (C=O) groups excluding carboxylic acids is 3. The molecule has 1 aliphatic rings. The van der Waals surface area contributed by atoms with Crippen LogP contribution in [0.5, 0.6) is 0 Å². The van der Waals surface area contributed by atoms with E-state index in [0.717, 1.165) is 19.3 Å². The molecule has 1 saturated heterocycles. The maximum atomic E-state index is 14.0. The fourth-order valence-corrected chi connectivity index (χ4v) is 4.26. The molecule has 34 heavy (non-hydrogen) atoms. The highest BCUT2D eigenvalue weighted by atomic mass is 19.1. The number of halogens is 1. The van der Waals surface area contributed by atoms with Crippen molar-refractivity contribution < 1.29 is 18.8 Å². The van der Waals surface area contributed by atoms with E-state index < -0.39 is 23.8 Å². The zero-order valence-electron chi connectivity index (χ0n) is 20.5. The van der Waals surface area contributed by atoms with E-state index in [0.29, 0.717) is 30.2 Å². The Hall–Kier alpha value is -2.97. The molecule has 2 aromatic rings. The number of nitrogens with one attached hydrogen (secondary N) is 3. The number of benzene rings is 1. The van der Waals surface area contributed by atoms with E-state index in [9.17, 15) is 18.8 Å². The zero-order chi connectivity index (χ0) is 24.8. The first-order chi connectivity index (χ1) is 16.2. The Morgan fingerprint density at radius 3 is 2.65 bits per heavy atom. The van der Waals surface area contributed by atoms with Crippen LogP contribution in [0.1, 0.15) is 78.1 Å². The minimum absolute atomic E-state index is 0.106. The Morgan fingerprint density at radius 2 is 1.97 bits per heavy atom. The van der Waals surface area contributed by atoms with Crippen LogP contribution in [0.2, 0.25) is 0 Å². The van der Waals surface area contributed by atoms with Crippen LogP contribution >= 0.6 is 0 Å². The van der Waals surface area contributed by atoms with Gasteiger partial charge in [0.15, 0.2) is 5.82 Å². The van der Waals surface area contributed by atoms with E-state index in [1.807, 2.05) is 20.8 Å². The predicted octanol–water partition coefficient (Wildman–Crippen LogP) is 3.59. The van der Waals surface area contributed by atoms with Gasteiger partial charge >= 0.3 is 0 Å². The van der Waals surface area contributed by atoms with Crippen LogP contribution in [0.4, 0.5) is 4.39 Å². The zero-order valence-corrected chi connectivity index (χ0v) is 20.5. The number of para-hydroxylation sites is 1. The molecule has 3 amide bonds. The highest BCUT2D eigenvalue weighted by Crippen LogP contribution is 2.20. The summed E-state index contributed by atoms with van der Waals surface area (Å²) in [5.41, 5.74) is 0.732. The first-order valence-electron chi connectivity index (χ1n) is 12.2. The number of fused-ring (bicyclic) bond motifs is 1. The summed E-state index contributed by atoms with van der Waals surface area (Å²) in [7, 11) is 0. The van der Waals surface area contributed by atoms with Gasteiger partial charge in [0.1, 0.15) is 17.4 Å². The lowest BCUT2D eigenvalue weighted by Crippen LogP contribution is -2.51. The minimum atomic E-state index is -0.996. The molecule has 3 N–H and O–H groups in total. The molecule has 9 heteroatoms. The molecule has 1 fully saturated rings. The molecule has 3 atom stereocenters. The number of rotatable bonds is 9. The third-order valence-electron chi connectivity index (χ3n) is 6.35. The topological polar surface area (TPSA) is 107 Å². The number of aromatic nitrogens is 2. The number of carbonyl (C=O) groups is 3. The number of amides is 3. The van der Waals surface area contributed by atoms with Gasteiger partial charge in [0, 0.05) is 19.0 Å². The molecular formula is C25H36FN5O3. The Morgan fingerprint density at radius 1 is 1.21 bits per heavy atom. The van der Waals surface area contributed by atoms with Crippen LogP contribution in [0.3, 0.4) is 0 Å². The second kappa shape index (κ2) is 11.4. The SMILES string of the molecule is CC(C)CCC(=O)NC(CC(=O)N1CCCC[C@@H]1C)C(=O)NC(C)c1nc2c(F)cccc2[nH]1. The van der Waals surface area contributed by atoms with Gasteiger partial charge in [-0.25, -0.2) is 9.37 Å². The van der Waals surface area contributed by atoms with E-state index in [1.165, 1.54) is 6.07 Å². The fourth-order valence-electron chi connectivity index (χ4n) is 4.26. The molecule has 3 rings (SSSR count). The van der Waals surface area contributed by atoms with Gasteiger partial charge < -0.3 is 20.5 Å². The summed E-state index contributed by atoms with van der Waals surface area (Å²) in [6.07, 6.45) is 3.82. The number of imidazole rings is 1. The molecule has 1 aromatic carbocycles. The summed E-state index contributed by atoms with van der Waals surface area (Å²) in [5, 5.41) is 5.59. The molecule has 0 bridgehead atoms. The molecule has 0 aliphatic carbocycles. The van der Waals surface area contributed by atoms with Gasteiger partial charge in [-0.1, -0.05) is 19.9 Å². The third-order valence-corrected chi connectivity index (χ3v) is 6.35. The summed E-state index contributed by atoms with van der Waals surface area (Å²) in [5.74, 6) is -0.571. The monoisotopic (exact) mass is 473 g/mol. The summed E-state index contributed by atoms with van der Waals surface area (Å²) in [6, 6.07) is 3.17. The lowest BCUT2D eigenvalue weighted by atomic mass is 10.0. The van der Waals surface area contributed by atoms with Crippen molar-refractivity contribution in [1.29, 1.82) is 0 Å². The first kappa shape index (κ1) is 25.6. The summed E-state index contributed by atoms with van der Waals surface area (Å²) >= 11 is 0. The van der Waals surface area contributed by atoms with Crippen molar-refractivity contribution in [1.82, 2.24) is 25.5 Å². The van der Waals surface area contributed by atoms with E-state index in [-0.39, 0.29) is 36.2 Å². The van der Waals surface area contributed by atoms with E-state index >= 15 is 0 Å². The Kier molecular flexibility index (Phi) is 8.63. The maximum absolute atomic E-state index is 14.0. The molecule has 1 aromatic heterocycles. The van der Waals surface area contributed by atoms with E-state index in [1.54, 1.807) is 24.0 Å². The van der Waals surface area contributed by atoms with Crippen LogP contribution in [0, 0.1) is 11.7 Å².